The summed E-state index contributed by atoms with van der Waals surface area (Å²) < 4.78 is 0. The summed E-state index contributed by atoms with van der Waals surface area (Å²) in [5.41, 5.74) is 6.78. The first-order chi connectivity index (χ1) is 8.99. The quantitative estimate of drug-likeness (QED) is 0.621. The number of nitrogens with one attached hydrogen (secondary N) is 1. The van der Waals surface area contributed by atoms with E-state index in [0.29, 0.717) is 13.0 Å². The van der Waals surface area contributed by atoms with Gasteiger partial charge in [-0.1, -0.05) is 12.1 Å². The molecule has 0 fully saturated rings. The Balaban J connectivity index is 2.30. The van der Waals surface area contributed by atoms with Crippen LogP contribution in [0.3, 0.4) is 0 Å². The molecule has 1 aromatic rings. The standard InChI is InChI=1S/C14H23N3O2/c1-17(2)9-3-8-16-14(19)13(15)10-11-4-6-12(18)7-5-11/h4-7,13,18H,3,8-10,15H2,1-2H3,(H,16,19). The Labute approximate surface area is 114 Å². The molecule has 1 aromatic carbocycles. The molecule has 1 rings (SSSR count). The molecule has 0 aliphatic heterocycles. The lowest BCUT2D eigenvalue weighted by Gasteiger charge is -2.13. The number of rotatable bonds is 7. The SMILES string of the molecule is CN(C)CCCNC(=O)C(N)Cc1ccc(O)cc1. The lowest BCUT2D eigenvalue weighted by molar-refractivity contribution is -0.122. The summed E-state index contributed by atoms with van der Waals surface area (Å²) >= 11 is 0. The fourth-order valence-corrected chi connectivity index (χ4v) is 1.72. The number of hydrogen-bond donors (Lipinski definition) is 3. The Morgan fingerprint density at radius 2 is 2.00 bits per heavy atom. The Bertz CT molecular complexity index is 390. The Kier molecular flexibility index (Phi) is 6.32. The summed E-state index contributed by atoms with van der Waals surface area (Å²) in [7, 11) is 4.00. The molecule has 1 amide bonds. The first kappa shape index (κ1) is 15.5. The van der Waals surface area contributed by atoms with Gasteiger partial charge in [0.15, 0.2) is 0 Å². The third kappa shape index (κ3) is 6.22. The fraction of sp³-hybridized carbons (Fsp3) is 0.500. The third-order valence-electron chi connectivity index (χ3n) is 2.81. The number of nitrogens with zero attached hydrogens (tertiary/aromatic N) is 1. The molecule has 0 bridgehead atoms. The van der Waals surface area contributed by atoms with Crippen molar-refractivity contribution in [2.45, 2.75) is 18.9 Å². The van der Waals surface area contributed by atoms with Gasteiger partial charge in [0.05, 0.1) is 6.04 Å². The van der Waals surface area contributed by atoms with Crippen LogP contribution in [0.25, 0.3) is 0 Å². The summed E-state index contributed by atoms with van der Waals surface area (Å²) in [6.45, 7) is 1.58. The van der Waals surface area contributed by atoms with Gasteiger partial charge >= 0.3 is 0 Å². The number of nitrogens with two attached hydrogens (primary N) is 1. The maximum Gasteiger partial charge on any atom is 0.237 e. The smallest absolute Gasteiger partial charge is 0.237 e. The Morgan fingerprint density at radius 1 is 1.37 bits per heavy atom. The molecule has 1 unspecified atom stereocenters. The first-order valence-electron chi connectivity index (χ1n) is 6.45. The average molecular weight is 265 g/mol. The predicted molar refractivity (Wildman–Crippen MR) is 76.0 cm³/mol. The summed E-state index contributed by atoms with van der Waals surface area (Å²) in [5, 5.41) is 12.0. The molecular weight excluding hydrogens is 242 g/mol. The monoisotopic (exact) mass is 265 g/mol. The van der Waals surface area contributed by atoms with Crippen molar-refractivity contribution < 1.29 is 9.90 Å². The van der Waals surface area contributed by atoms with Crippen molar-refractivity contribution >= 4 is 5.91 Å². The zero-order valence-corrected chi connectivity index (χ0v) is 11.6. The van der Waals surface area contributed by atoms with Crippen LogP contribution in [0.2, 0.25) is 0 Å². The van der Waals surface area contributed by atoms with E-state index in [1.165, 1.54) is 0 Å². The van der Waals surface area contributed by atoms with E-state index >= 15 is 0 Å². The number of aromatic hydroxyl groups is 1. The molecule has 4 N–H and O–H groups in total. The van der Waals surface area contributed by atoms with Crippen LogP contribution in [0, 0.1) is 0 Å². The lowest BCUT2D eigenvalue weighted by Crippen LogP contribution is -2.42. The van der Waals surface area contributed by atoms with Crippen LogP contribution >= 0.6 is 0 Å². The minimum Gasteiger partial charge on any atom is -0.508 e. The Hall–Kier alpha value is -1.59. The molecule has 5 heteroatoms. The summed E-state index contributed by atoms with van der Waals surface area (Å²) in [5.74, 6) is 0.0808. The van der Waals surface area contributed by atoms with E-state index < -0.39 is 6.04 Å². The van der Waals surface area contributed by atoms with Crippen molar-refractivity contribution in [3.8, 4) is 5.75 Å². The largest absolute Gasteiger partial charge is 0.508 e. The van der Waals surface area contributed by atoms with E-state index in [2.05, 4.69) is 10.2 Å². The molecule has 0 saturated carbocycles. The van der Waals surface area contributed by atoms with Gasteiger partial charge in [0.1, 0.15) is 5.75 Å². The van der Waals surface area contributed by atoms with Gasteiger partial charge < -0.3 is 21.1 Å². The molecule has 0 saturated heterocycles. The molecule has 0 aromatic heterocycles. The van der Waals surface area contributed by atoms with Crippen molar-refractivity contribution in [1.29, 1.82) is 0 Å². The second-order valence-corrected chi connectivity index (χ2v) is 4.92. The molecule has 1 atom stereocenters. The summed E-state index contributed by atoms with van der Waals surface area (Å²) in [6.07, 6.45) is 1.38. The van der Waals surface area contributed by atoms with E-state index in [9.17, 15) is 9.90 Å². The molecule has 0 aliphatic carbocycles. The van der Waals surface area contributed by atoms with Crippen molar-refractivity contribution in [2.24, 2.45) is 5.73 Å². The molecule has 0 radical (unpaired) electrons. The van der Waals surface area contributed by atoms with Crippen LogP contribution in [0.15, 0.2) is 24.3 Å². The van der Waals surface area contributed by atoms with Gasteiger partial charge in [-0.2, -0.15) is 0 Å². The van der Waals surface area contributed by atoms with Gasteiger partial charge in [-0.3, -0.25) is 4.79 Å². The third-order valence-corrected chi connectivity index (χ3v) is 2.81. The number of phenolic OH excluding ortho intramolecular Hbond substituents is 1. The van der Waals surface area contributed by atoms with Gasteiger partial charge in [0, 0.05) is 6.54 Å². The second-order valence-electron chi connectivity index (χ2n) is 4.92. The van der Waals surface area contributed by atoms with Crippen LogP contribution < -0.4 is 11.1 Å². The van der Waals surface area contributed by atoms with Crippen molar-refractivity contribution in [2.75, 3.05) is 27.2 Å². The normalized spacial score (nSPS) is 12.4. The second kappa shape index (κ2) is 7.76. The van der Waals surface area contributed by atoms with E-state index in [1.807, 2.05) is 14.1 Å². The maximum atomic E-state index is 11.8. The van der Waals surface area contributed by atoms with Crippen molar-refractivity contribution in [3.05, 3.63) is 29.8 Å². The highest BCUT2D eigenvalue weighted by molar-refractivity contribution is 5.81. The minimum atomic E-state index is -0.552. The van der Waals surface area contributed by atoms with Gasteiger partial charge in [0.25, 0.3) is 0 Å². The zero-order chi connectivity index (χ0) is 14.3. The van der Waals surface area contributed by atoms with Gasteiger partial charge in [0.2, 0.25) is 5.91 Å². The number of phenols is 1. The van der Waals surface area contributed by atoms with Crippen LogP contribution in [-0.2, 0) is 11.2 Å². The molecule has 5 nitrogen and oxygen atoms in total. The van der Waals surface area contributed by atoms with E-state index in [-0.39, 0.29) is 11.7 Å². The molecule has 19 heavy (non-hydrogen) atoms. The average Bonchev–Trinajstić information content (AvgIpc) is 2.36. The highest BCUT2D eigenvalue weighted by atomic mass is 16.3. The lowest BCUT2D eigenvalue weighted by atomic mass is 10.1. The van der Waals surface area contributed by atoms with Crippen LogP contribution in [0.4, 0.5) is 0 Å². The van der Waals surface area contributed by atoms with Crippen LogP contribution in [0.1, 0.15) is 12.0 Å². The van der Waals surface area contributed by atoms with Gasteiger partial charge in [-0.25, -0.2) is 0 Å². The molecule has 0 spiro atoms. The first-order valence-corrected chi connectivity index (χ1v) is 6.45. The number of hydrogen-bond acceptors (Lipinski definition) is 4. The number of carbonyl (C=O) groups is 1. The number of carbonyl (C=O) groups excluding carboxylic acids is 1. The predicted octanol–water partition coefficient (Wildman–Crippen LogP) is 0.330. The zero-order valence-electron chi connectivity index (χ0n) is 11.6. The summed E-state index contributed by atoms with van der Waals surface area (Å²) in [4.78, 5) is 13.8. The molecule has 106 valence electrons. The van der Waals surface area contributed by atoms with Crippen molar-refractivity contribution in [1.82, 2.24) is 10.2 Å². The molecular formula is C14H23N3O2. The van der Waals surface area contributed by atoms with Crippen molar-refractivity contribution in [3.63, 3.8) is 0 Å². The highest BCUT2D eigenvalue weighted by Crippen LogP contribution is 2.10. The number of benzene rings is 1. The van der Waals surface area contributed by atoms with Gasteiger partial charge in [-0.05, 0) is 51.2 Å². The fourth-order valence-electron chi connectivity index (χ4n) is 1.72. The number of amides is 1. The van der Waals surface area contributed by atoms with Gasteiger partial charge in [-0.15, -0.1) is 0 Å². The maximum absolute atomic E-state index is 11.8. The minimum absolute atomic E-state index is 0.133. The molecule has 0 aliphatic rings. The van der Waals surface area contributed by atoms with E-state index in [4.69, 9.17) is 5.73 Å². The van der Waals surface area contributed by atoms with Crippen LogP contribution in [0.5, 0.6) is 5.75 Å². The van der Waals surface area contributed by atoms with E-state index in [1.54, 1.807) is 24.3 Å². The topological polar surface area (TPSA) is 78.6 Å². The molecule has 0 heterocycles. The summed E-state index contributed by atoms with van der Waals surface area (Å²) in [6, 6.07) is 6.18. The highest BCUT2D eigenvalue weighted by Gasteiger charge is 2.13. The van der Waals surface area contributed by atoms with E-state index in [0.717, 1.165) is 18.5 Å². The van der Waals surface area contributed by atoms with Crippen LogP contribution in [-0.4, -0.2) is 49.1 Å². The Morgan fingerprint density at radius 3 is 2.58 bits per heavy atom.